The van der Waals surface area contributed by atoms with Gasteiger partial charge in [-0.25, -0.2) is 4.99 Å². The number of ether oxygens (including phenoxy) is 1. The number of carbonyl (C=O) groups excluding carboxylic acids is 3. The number of benzene rings is 2. The highest BCUT2D eigenvalue weighted by Gasteiger charge is 2.42. The molecule has 2 aliphatic heterocycles. The average molecular weight is 610 g/mol. The van der Waals surface area contributed by atoms with Crippen LogP contribution in [0.25, 0.3) is 5.70 Å². The summed E-state index contributed by atoms with van der Waals surface area (Å²) < 4.78 is 5.72. The van der Waals surface area contributed by atoms with E-state index < -0.39 is 29.6 Å². The Bertz CT molecular complexity index is 1570. The largest absolute Gasteiger partial charge is 0.476 e. The van der Waals surface area contributed by atoms with Crippen molar-refractivity contribution in [3.63, 3.8) is 0 Å². The third kappa shape index (κ3) is 7.29. The smallest absolute Gasteiger partial charge is 0.258 e. The first kappa shape index (κ1) is 31.6. The van der Waals surface area contributed by atoms with E-state index in [0.717, 1.165) is 5.56 Å². The Morgan fingerprint density at radius 3 is 2.27 bits per heavy atom. The van der Waals surface area contributed by atoms with Gasteiger partial charge in [-0.3, -0.25) is 24.3 Å². The van der Waals surface area contributed by atoms with E-state index >= 15 is 0 Å². The van der Waals surface area contributed by atoms with E-state index in [0.29, 0.717) is 29.9 Å². The van der Waals surface area contributed by atoms with Gasteiger partial charge in [-0.1, -0.05) is 74.5 Å². The number of hydrogen-bond donors (Lipinski definition) is 2. The van der Waals surface area contributed by atoms with Crippen LogP contribution in [0.1, 0.15) is 49.2 Å². The maximum atomic E-state index is 14.2. The van der Waals surface area contributed by atoms with Crippen molar-refractivity contribution < 1.29 is 24.2 Å². The van der Waals surface area contributed by atoms with Gasteiger partial charge in [0.15, 0.2) is 0 Å². The lowest BCUT2D eigenvalue weighted by Gasteiger charge is -2.41. The molecular weight excluding hydrogens is 570 g/mol. The molecule has 0 fully saturated rings. The summed E-state index contributed by atoms with van der Waals surface area (Å²) in [6.45, 7) is 7.55. The number of pyridine rings is 1. The Kier molecular flexibility index (Phi) is 9.43. The fraction of sp³-hybridized carbons (Fsp3) is 0.343. The molecule has 5 rings (SSSR count). The van der Waals surface area contributed by atoms with Gasteiger partial charge in [0.1, 0.15) is 25.3 Å². The molecule has 0 bridgehead atoms. The van der Waals surface area contributed by atoms with Gasteiger partial charge in [-0.05, 0) is 49.4 Å². The van der Waals surface area contributed by atoms with E-state index in [1.165, 1.54) is 22.2 Å². The molecule has 0 radical (unpaired) electrons. The van der Waals surface area contributed by atoms with Crippen LogP contribution in [-0.4, -0.2) is 80.4 Å². The summed E-state index contributed by atoms with van der Waals surface area (Å²) >= 11 is 0. The zero-order valence-electron chi connectivity index (χ0n) is 26.0. The summed E-state index contributed by atoms with van der Waals surface area (Å²) in [7, 11) is 0. The van der Waals surface area contributed by atoms with E-state index in [-0.39, 0.29) is 30.2 Å². The number of carbonyl (C=O) groups is 3. The van der Waals surface area contributed by atoms with E-state index in [1.807, 2.05) is 88.4 Å². The molecule has 2 aromatic carbocycles. The molecule has 1 aromatic heterocycles. The number of aliphatic imine (C=N–C) groups is 1. The van der Waals surface area contributed by atoms with Gasteiger partial charge in [-0.2, -0.15) is 0 Å². The molecule has 2 aliphatic rings. The first-order chi connectivity index (χ1) is 21.5. The Labute approximate surface area is 263 Å². The first-order valence-electron chi connectivity index (χ1n) is 15.1. The van der Waals surface area contributed by atoms with Crippen molar-refractivity contribution in [2.45, 2.75) is 57.8 Å². The van der Waals surface area contributed by atoms with Crippen molar-refractivity contribution in [2.24, 2.45) is 10.9 Å². The van der Waals surface area contributed by atoms with Crippen LogP contribution in [0.3, 0.4) is 0 Å². The summed E-state index contributed by atoms with van der Waals surface area (Å²) in [6.07, 6.45) is 3.83. The summed E-state index contributed by atoms with van der Waals surface area (Å²) in [5.41, 5.74) is 1.91. The number of amides is 3. The minimum Gasteiger partial charge on any atom is -0.476 e. The van der Waals surface area contributed by atoms with Crippen molar-refractivity contribution in [1.82, 2.24) is 20.1 Å². The molecule has 10 heteroatoms. The van der Waals surface area contributed by atoms with Crippen LogP contribution in [-0.2, 0) is 20.7 Å². The van der Waals surface area contributed by atoms with Crippen LogP contribution < -0.4 is 5.32 Å². The van der Waals surface area contributed by atoms with Crippen LogP contribution in [0.5, 0.6) is 0 Å². The third-order valence-corrected chi connectivity index (χ3v) is 7.80. The van der Waals surface area contributed by atoms with Crippen molar-refractivity contribution in [2.75, 3.05) is 13.2 Å². The molecule has 3 aromatic rings. The van der Waals surface area contributed by atoms with Crippen molar-refractivity contribution >= 4 is 29.3 Å². The Morgan fingerprint density at radius 2 is 1.67 bits per heavy atom. The van der Waals surface area contributed by atoms with Gasteiger partial charge in [0.2, 0.25) is 11.8 Å². The topological polar surface area (TPSA) is 124 Å². The van der Waals surface area contributed by atoms with Gasteiger partial charge in [0, 0.05) is 24.2 Å². The highest BCUT2D eigenvalue weighted by molar-refractivity contribution is 6.03. The van der Waals surface area contributed by atoms with Crippen molar-refractivity contribution in [1.29, 1.82) is 0 Å². The fourth-order valence-electron chi connectivity index (χ4n) is 5.56. The van der Waals surface area contributed by atoms with Crippen molar-refractivity contribution in [3.8, 4) is 0 Å². The summed E-state index contributed by atoms with van der Waals surface area (Å²) in [4.78, 5) is 53.1. The van der Waals surface area contributed by atoms with Gasteiger partial charge < -0.3 is 20.1 Å². The molecule has 3 heterocycles. The molecule has 45 heavy (non-hydrogen) atoms. The van der Waals surface area contributed by atoms with E-state index in [2.05, 4.69) is 15.3 Å². The highest BCUT2D eigenvalue weighted by atomic mass is 16.5. The number of nitrogens with zero attached hydrogens (tertiary/aromatic N) is 4. The minimum absolute atomic E-state index is 0.172. The molecule has 3 atom stereocenters. The average Bonchev–Trinajstić information content (AvgIpc) is 3.41. The number of aliphatic hydroxyl groups is 1. The zero-order valence-corrected chi connectivity index (χ0v) is 26.0. The second-order valence-electron chi connectivity index (χ2n) is 12.3. The standard InChI is InChI=1S/C35H39N5O5/c1-23(2)30-34(44)39(28(25-13-9-6-10-14-25)20-40(30)33(43)26-15-17-36-18-16-26)21-29(41)37-27(19-24-11-7-5-8-12-24)31(42)32-38-35(3,4)22-45-32/h5-18,20,23,27,30-31,42H,19,21-22H2,1-4H3,(H,37,41)/t27-,30+,31?/m0/s1. The zero-order chi connectivity index (χ0) is 32.1. The second kappa shape index (κ2) is 13.4. The van der Waals surface area contributed by atoms with E-state index in [1.54, 1.807) is 18.3 Å². The van der Waals surface area contributed by atoms with Gasteiger partial charge in [0.05, 0.1) is 17.3 Å². The van der Waals surface area contributed by atoms with Gasteiger partial charge >= 0.3 is 0 Å². The lowest BCUT2D eigenvalue weighted by molar-refractivity contribution is -0.138. The molecular formula is C35H39N5O5. The quantitative estimate of drug-likeness (QED) is 0.362. The van der Waals surface area contributed by atoms with Gasteiger partial charge in [-0.15, -0.1) is 0 Å². The molecule has 0 saturated carbocycles. The lowest BCUT2D eigenvalue weighted by Crippen LogP contribution is -2.57. The predicted molar refractivity (Wildman–Crippen MR) is 171 cm³/mol. The third-order valence-electron chi connectivity index (χ3n) is 7.80. The maximum absolute atomic E-state index is 14.2. The van der Waals surface area contributed by atoms with Crippen molar-refractivity contribution in [3.05, 3.63) is 108 Å². The maximum Gasteiger partial charge on any atom is 0.258 e. The normalized spacial score (nSPS) is 19.0. The van der Waals surface area contributed by atoms with Crippen LogP contribution in [0.4, 0.5) is 0 Å². The molecule has 3 amide bonds. The number of aromatic nitrogens is 1. The molecule has 0 saturated heterocycles. The molecule has 0 aliphatic carbocycles. The molecule has 2 N–H and O–H groups in total. The van der Waals surface area contributed by atoms with Crippen LogP contribution >= 0.6 is 0 Å². The molecule has 0 spiro atoms. The second-order valence-corrected chi connectivity index (χ2v) is 12.3. The Balaban J connectivity index is 1.46. The summed E-state index contributed by atoms with van der Waals surface area (Å²) in [5, 5.41) is 14.3. The van der Waals surface area contributed by atoms with Crippen LogP contribution in [0, 0.1) is 5.92 Å². The SMILES string of the molecule is CC(C)[C@@H]1C(=O)N(CC(=O)N[C@@H](Cc2ccccc2)C(O)C2=NC(C)(C)CO2)C(c2ccccc2)=CN1C(=O)c1ccncc1. The summed E-state index contributed by atoms with van der Waals surface area (Å²) in [6, 6.07) is 20.3. The minimum atomic E-state index is -1.20. The fourth-order valence-corrected chi connectivity index (χ4v) is 5.56. The highest BCUT2D eigenvalue weighted by Crippen LogP contribution is 2.31. The molecule has 234 valence electrons. The monoisotopic (exact) mass is 609 g/mol. The predicted octanol–water partition coefficient (Wildman–Crippen LogP) is 3.68. The van der Waals surface area contributed by atoms with E-state index in [4.69, 9.17) is 4.74 Å². The molecule has 10 nitrogen and oxygen atoms in total. The summed E-state index contributed by atoms with van der Waals surface area (Å²) in [5.74, 6) is -1.27. The first-order valence-corrected chi connectivity index (χ1v) is 15.1. The number of nitrogens with one attached hydrogen (secondary N) is 1. The lowest BCUT2D eigenvalue weighted by atomic mass is 9.96. The number of rotatable bonds is 10. The molecule has 1 unspecified atom stereocenters. The van der Waals surface area contributed by atoms with Gasteiger partial charge in [0.25, 0.3) is 11.8 Å². The van der Waals surface area contributed by atoms with Crippen LogP contribution in [0.15, 0.2) is 96.4 Å². The van der Waals surface area contributed by atoms with Crippen LogP contribution in [0.2, 0.25) is 0 Å². The number of aliphatic hydroxyl groups excluding tert-OH is 1. The Morgan fingerprint density at radius 1 is 1.02 bits per heavy atom. The Hall–Kier alpha value is -4.83. The van der Waals surface area contributed by atoms with E-state index in [9.17, 15) is 19.5 Å². The number of hydrogen-bond acceptors (Lipinski definition) is 7.